The molecule has 0 saturated heterocycles. The van der Waals surface area contributed by atoms with Crippen molar-refractivity contribution in [2.75, 3.05) is 23.9 Å². The van der Waals surface area contributed by atoms with E-state index in [1.54, 1.807) is 12.3 Å². The highest BCUT2D eigenvalue weighted by molar-refractivity contribution is 7.84. The summed E-state index contributed by atoms with van der Waals surface area (Å²) in [6.45, 7) is 0.581. The SMILES string of the molecule is CS(=O)CCNc1cc2ccccc2c(=O)[nH]1. The minimum atomic E-state index is -0.826. The van der Waals surface area contributed by atoms with Crippen molar-refractivity contribution >= 4 is 27.4 Å². The van der Waals surface area contributed by atoms with E-state index in [0.717, 1.165) is 5.39 Å². The Morgan fingerprint density at radius 1 is 1.35 bits per heavy atom. The standard InChI is InChI=1S/C12H14N2O2S/c1-17(16)7-6-13-11-8-9-4-2-3-5-10(9)12(15)14-11/h2-5,8H,6-7H2,1H3,(H2,13,14,15). The quantitative estimate of drug-likeness (QED) is 0.860. The van der Waals surface area contributed by atoms with Gasteiger partial charge in [0, 0.05) is 34.7 Å². The summed E-state index contributed by atoms with van der Waals surface area (Å²) in [5.74, 6) is 1.23. The Kier molecular flexibility index (Phi) is 3.58. The summed E-state index contributed by atoms with van der Waals surface area (Å²) < 4.78 is 10.9. The maximum Gasteiger partial charge on any atom is 0.257 e. The number of benzene rings is 1. The first-order valence-corrected chi connectivity index (χ1v) is 7.05. The molecular formula is C12H14N2O2S. The molecule has 0 aliphatic heterocycles. The first kappa shape index (κ1) is 11.9. The second-order valence-corrected chi connectivity index (χ2v) is 5.36. The predicted molar refractivity (Wildman–Crippen MR) is 72.0 cm³/mol. The molecule has 17 heavy (non-hydrogen) atoms. The van der Waals surface area contributed by atoms with Crippen molar-refractivity contribution in [2.24, 2.45) is 0 Å². The van der Waals surface area contributed by atoms with Gasteiger partial charge in [-0.2, -0.15) is 0 Å². The van der Waals surface area contributed by atoms with E-state index in [1.165, 1.54) is 0 Å². The van der Waals surface area contributed by atoms with Crippen molar-refractivity contribution < 1.29 is 4.21 Å². The molecule has 1 aromatic heterocycles. The van der Waals surface area contributed by atoms with Gasteiger partial charge in [-0.3, -0.25) is 9.00 Å². The van der Waals surface area contributed by atoms with Crippen molar-refractivity contribution in [3.8, 4) is 0 Å². The fourth-order valence-corrected chi connectivity index (χ4v) is 2.03. The molecule has 1 atom stereocenters. The zero-order chi connectivity index (χ0) is 12.3. The second-order valence-electron chi connectivity index (χ2n) is 3.80. The van der Waals surface area contributed by atoms with E-state index in [2.05, 4.69) is 10.3 Å². The maximum atomic E-state index is 11.7. The largest absolute Gasteiger partial charge is 0.371 e. The fraction of sp³-hybridized carbons (Fsp3) is 0.250. The molecule has 0 radical (unpaired) electrons. The van der Waals surface area contributed by atoms with E-state index < -0.39 is 10.8 Å². The van der Waals surface area contributed by atoms with Crippen LogP contribution in [0, 0.1) is 0 Å². The van der Waals surface area contributed by atoms with Crippen LogP contribution >= 0.6 is 0 Å². The summed E-state index contributed by atoms with van der Waals surface area (Å²) >= 11 is 0. The summed E-state index contributed by atoms with van der Waals surface area (Å²) in [4.78, 5) is 14.5. The van der Waals surface area contributed by atoms with Crippen LogP contribution in [0.5, 0.6) is 0 Å². The van der Waals surface area contributed by atoms with Crippen LogP contribution in [0.4, 0.5) is 5.82 Å². The summed E-state index contributed by atoms with van der Waals surface area (Å²) in [7, 11) is -0.826. The number of rotatable bonds is 4. The van der Waals surface area contributed by atoms with Gasteiger partial charge in [-0.15, -0.1) is 0 Å². The molecule has 1 unspecified atom stereocenters. The average molecular weight is 250 g/mol. The van der Waals surface area contributed by atoms with E-state index in [9.17, 15) is 9.00 Å². The van der Waals surface area contributed by atoms with Crippen LogP contribution in [0.1, 0.15) is 0 Å². The van der Waals surface area contributed by atoms with Gasteiger partial charge in [-0.25, -0.2) is 0 Å². The molecule has 2 N–H and O–H groups in total. The normalized spacial score (nSPS) is 12.5. The molecule has 2 rings (SSSR count). The molecule has 2 aromatic rings. The minimum absolute atomic E-state index is 0.108. The molecule has 90 valence electrons. The first-order valence-electron chi connectivity index (χ1n) is 5.33. The summed E-state index contributed by atoms with van der Waals surface area (Å²) in [5, 5.41) is 4.64. The van der Waals surface area contributed by atoms with Gasteiger partial charge in [-0.05, 0) is 17.5 Å². The Morgan fingerprint density at radius 2 is 2.12 bits per heavy atom. The van der Waals surface area contributed by atoms with Crippen molar-refractivity contribution in [1.29, 1.82) is 0 Å². The van der Waals surface area contributed by atoms with Gasteiger partial charge in [0.05, 0.1) is 0 Å². The number of aromatic amines is 1. The molecule has 4 nitrogen and oxygen atoms in total. The van der Waals surface area contributed by atoms with E-state index in [-0.39, 0.29) is 5.56 Å². The highest BCUT2D eigenvalue weighted by atomic mass is 32.2. The lowest BCUT2D eigenvalue weighted by Gasteiger charge is -2.06. The van der Waals surface area contributed by atoms with E-state index >= 15 is 0 Å². The van der Waals surface area contributed by atoms with Crippen LogP contribution in [0.3, 0.4) is 0 Å². The zero-order valence-electron chi connectivity index (χ0n) is 9.53. The Balaban J connectivity index is 2.25. The topological polar surface area (TPSA) is 62.0 Å². The number of pyridine rings is 1. The fourth-order valence-electron chi connectivity index (χ4n) is 1.64. The van der Waals surface area contributed by atoms with Gasteiger partial charge in [0.15, 0.2) is 0 Å². The van der Waals surface area contributed by atoms with Crippen molar-refractivity contribution in [3.05, 3.63) is 40.7 Å². The van der Waals surface area contributed by atoms with E-state index in [1.807, 2.05) is 24.3 Å². The molecule has 0 aliphatic rings. The molecule has 0 aliphatic carbocycles. The molecule has 1 heterocycles. The van der Waals surface area contributed by atoms with Gasteiger partial charge in [-0.1, -0.05) is 18.2 Å². The Morgan fingerprint density at radius 3 is 2.88 bits per heavy atom. The lowest BCUT2D eigenvalue weighted by atomic mass is 10.2. The summed E-state index contributed by atoms with van der Waals surface area (Å²) in [6, 6.07) is 9.31. The van der Waals surface area contributed by atoms with Gasteiger partial charge in [0.1, 0.15) is 5.82 Å². The molecule has 0 fully saturated rings. The third-order valence-electron chi connectivity index (χ3n) is 2.46. The second kappa shape index (κ2) is 5.14. The van der Waals surface area contributed by atoms with Crippen molar-refractivity contribution in [2.45, 2.75) is 0 Å². The first-order chi connectivity index (χ1) is 8.16. The van der Waals surface area contributed by atoms with Crippen LogP contribution in [-0.4, -0.2) is 27.7 Å². The predicted octanol–water partition coefficient (Wildman–Crippen LogP) is 1.32. The Labute approximate surface area is 102 Å². The van der Waals surface area contributed by atoms with Crippen LogP contribution in [0.15, 0.2) is 35.1 Å². The number of aromatic nitrogens is 1. The van der Waals surface area contributed by atoms with Crippen LogP contribution < -0.4 is 10.9 Å². The number of hydrogen-bond acceptors (Lipinski definition) is 3. The maximum absolute atomic E-state index is 11.7. The third-order valence-corrected chi connectivity index (χ3v) is 3.24. The Hall–Kier alpha value is -1.62. The number of anilines is 1. The number of nitrogens with one attached hydrogen (secondary N) is 2. The molecule has 0 amide bonds. The van der Waals surface area contributed by atoms with Crippen LogP contribution in [0.2, 0.25) is 0 Å². The van der Waals surface area contributed by atoms with E-state index in [4.69, 9.17) is 0 Å². The molecular weight excluding hydrogens is 236 g/mol. The number of hydrogen-bond donors (Lipinski definition) is 2. The van der Waals surface area contributed by atoms with E-state index in [0.29, 0.717) is 23.5 Å². The number of H-pyrrole nitrogens is 1. The minimum Gasteiger partial charge on any atom is -0.371 e. The third kappa shape index (κ3) is 2.94. The summed E-state index contributed by atoms with van der Waals surface area (Å²) in [5.41, 5.74) is -0.108. The molecule has 5 heteroatoms. The average Bonchev–Trinajstić information content (AvgIpc) is 2.28. The number of fused-ring (bicyclic) bond motifs is 1. The molecule has 0 bridgehead atoms. The van der Waals surface area contributed by atoms with Gasteiger partial charge in [0.25, 0.3) is 5.56 Å². The highest BCUT2D eigenvalue weighted by Crippen LogP contribution is 2.12. The zero-order valence-corrected chi connectivity index (χ0v) is 10.3. The smallest absolute Gasteiger partial charge is 0.257 e. The van der Waals surface area contributed by atoms with Crippen molar-refractivity contribution in [3.63, 3.8) is 0 Å². The highest BCUT2D eigenvalue weighted by Gasteiger charge is 2.00. The molecule has 0 saturated carbocycles. The Bertz CT molecular complexity index is 607. The van der Waals surface area contributed by atoms with Crippen LogP contribution in [-0.2, 0) is 10.8 Å². The van der Waals surface area contributed by atoms with Gasteiger partial charge < -0.3 is 10.3 Å². The van der Waals surface area contributed by atoms with Gasteiger partial charge >= 0.3 is 0 Å². The van der Waals surface area contributed by atoms with Crippen molar-refractivity contribution in [1.82, 2.24) is 4.98 Å². The lowest BCUT2D eigenvalue weighted by Crippen LogP contribution is -2.14. The summed E-state index contributed by atoms with van der Waals surface area (Å²) in [6.07, 6.45) is 1.66. The molecule has 0 spiro atoms. The van der Waals surface area contributed by atoms with Crippen LogP contribution in [0.25, 0.3) is 10.8 Å². The van der Waals surface area contributed by atoms with Gasteiger partial charge in [0.2, 0.25) is 0 Å². The lowest BCUT2D eigenvalue weighted by molar-refractivity contribution is 0.687. The molecule has 1 aromatic carbocycles. The monoisotopic (exact) mass is 250 g/mol.